The fraction of sp³-hybridized carbons (Fsp3) is 0.235. The number of carbonyl (C=O) groups excluding carboxylic acids is 1. The molecule has 0 saturated carbocycles. The van der Waals surface area contributed by atoms with E-state index in [2.05, 4.69) is 5.32 Å². The molecular formula is C17H18ClNO2. The molecule has 0 aliphatic heterocycles. The zero-order chi connectivity index (χ0) is 15.4. The fourth-order valence-electron chi connectivity index (χ4n) is 2.03. The van der Waals surface area contributed by atoms with Crippen LogP contribution in [0.1, 0.15) is 33.2 Å². The molecule has 110 valence electrons. The first kappa shape index (κ1) is 15.5. The summed E-state index contributed by atoms with van der Waals surface area (Å²) in [5, 5.41) is 13.2. The first-order chi connectivity index (χ1) is 9.99. The topological polar surface area (TPSA) is 49.3 Å². The van der Waals surface area contributed by atoms with Crippen LogP contribution in [0.3, 0.4) is 0 Å². The van der Waals surface area contributed by atoms with Crippen molar-refractivity contribution in [2.75, 3.05) is 6.54 Å². The van der Waals surface area contributed by atoms with Gasteiger partial charge in [0.1, 0.15) is 0 Å². The molecule has 1 atom stereocenters. The van der Waals surface area contributed by atoms with Gasteiger partial charge >= 0.3 is 0 Å². The zero-order valence-electron chi connectivity index (χ0n) is 12.1. The molecule has 21 heavy (non-hydrogen) atoms. The lowest BCUT2D eigenvalue weighted by Gasteiger charge is -2.13. The quantitative estimate of drug-likeness (QED) is 0.909. The third kappa shape index (κ3) is 3.84. The number of aliphatic hydroxyl groups excluding tert-OH is 1. The average molecular weight is 304 g/mol. The summed E-state index contributed by atoms with van der Waals surface area (Å²) in [6, 6.07) is 12.8. The van der Waals surface area contributed by atoms with Crippen LogP contribution in [0.2, 0.25) is 5.02 Å². The highest BCUT2D eigenvalue weighted by Crippen LogP contribution is 2.21. The van der Waals surface area contributed by atoms with Crippen molar-refractivity contribution in [3.8, 4) is 0 Å². The summed E-state index contributed by atoms with van der Waals surface area (Å²) in [4.78, 5) is 12.2. The van der Waals surface area contributed by atoms with Crippen LogP contribution in [-0.4, -0.2) is 17.6 Å². The van der Waals surface area contributed by atoms with Gasteiger partial charge in [-0.2, -0.15) is 0 Å². The van der Waals surface area contributed by atoms with E-state index in [9.17, 15) is 9.90 Å². The number of carbonyl (C=O) groups is 1. The summed E-state index contributed by atoms with van der Waals surface area (Å²) in [7, 11) is 0. The molecule has 0 spiro atoms. The lowest BCUT2D eigenvalue weighted by Crippen LogP contribution is -2.28. The van der Waals surface area contributed by atoms with Crippen LogP contribution in [0.25, 0.3) is 0 Å². The van der Waals surface area contributed by atoms with Gasteiger partial charge in [-0.25, -0.2) is 0 Å². The Labute approximate surface area is 129 Å². The van der Waals surface area contributed by atoms with Gasteiger partial charge in [0.25, 0.3) is 5.91 Å². The lowest BCUT2D eigenvalue weighted by molar-refractivity contribution is 0.0916. The summed E-state index contributed by atoms with van der Waals surface area (Å²) in [5.41, 5.74) is 3.25. The maximum Gasteiger partial charge on any atom is 0.252 e. The Bertz CT molecular complexity index is 641. The first-order valence-corrected chi connectivity index (χ1v) is 7.15. The van der Waals surface area contributed by atoms with E-state index in [1.54, 1.807) is 12.1 Å². The van der Waals surface area contributed by atoms with E-state index in [0.717, 1.165) is 16.7 Å². The van der Waals surface area contributed by atoms with Gasteiger partial charge in [-0.15, -0.1) is 0 Å². The number of nitrogens with one attached hydrogen (secondary N) is 1. The van der Waals surface area contributed by atoms with Crippen LogP contribution in [-0.2, 0) is 0 Å². The van der Waals surface area contributed by atoms with E-state index in [1.165, 1.54) is 0 Å². The second-order valence-corrected chi connectivity index (χ2v) is 5.46. The van der Waals surface area contributed by atoms with Crippen LogP contribution >= 0.6 is 11.6 Å². The Morgan fingerprint density at radius 1 is 1.19 bits per heavy atom. The van der Waals surface area contributed by atoms with Crippen molar-refractivity contribution in [3.05, 3.63) is 69.7 Å². The van der Waals surface area contributed by atoms with Crippen molar-refractivity contribution in [2.45, 2.75) is 20.0 Å². The number of amides is 1. The first-order valence-electron chi connectivity index (χ1n) is 6.77. The van der Waals surface area contributed by atoms with Crippen LogP contribution in [0.15, 0.2) is 42.5 Å². The molecule has 0 heterocycles. The highest BCUT2D eigenvalue weighted by Gasteiger charge is 2.14. The number of hydrogen-bond acceptors (Lipinski definition) is 2. The molecule has 2 aromatic rings. The summed E-state index contributed by atoms with van der Waals surface area (Å²) in [6.07, 6.45) is -0.736. The van der Waals surface area contributed by atoms with Crippen LogP contribution in [0, 0.1) is 13.8 Å². The van der Waals surface area contributed by atoms with Crippen LogP contribution in [0.5, 0.6) is 0 Å². The standard InChI is InChI=1S/C17H18ClNO2/c1-11-8-14(15(18)9-12(11)2)17(21)19-10-16(20)13-6-4-3-5-7-13/h3-9,16,20H,10H2,1-2H3,(H,19,21). The molecule has 2 rings (SSSR count). The largest absolute Gasteiger partial charge is 0.387 e. The molecular weight excluding hydrogens is 286 g/mol. The van der Waals surface area contributed by atoms with E-state index in [-0.39, 0.29) is 12.5 Å². The third-order valence-electron chi connectivity index (χ3n) is 3.47. The van der Waals surface area contributed by atoms with Gasteiger partial charge in [0, 0.05) is 6.54 Å². The molecule has 0 aliphatic carbocycles. The average Bonchev–Trinajstić information content (AvgIpc) is 2.49. The molecule has 0 bridgehead atoms. The van der Waals surface area contributed by atoms with Crippen molar-refractivity contribution in [3.63, 3.8) is 0 Å². The molecule has 1 amide bonds. The Balaban J connectivity index is 2.04. The van der Waals surface area contributed by atoms with Gasteiger partial charge in [0.15, 0.2) is 0 Å². The number of rotatable bonds is 4. The second kappa shape index (κ2) is 6.74. The predicted octanol–water partition coefficient (Wildman–Crippen LogP) is 3.42. The molecule has 4 heteroatoms. The van der Waals surface area contributed by atoms with Crippen LogP contribution in [0.4, 0.5) is 0 Å². The van der Waals surface area contributed by atoms with E-state index in [4.69, 9.17) is 11.6 Å². The van der Waals surface area contributed by atoms with E-state index < -0.39 is 6.10 Å². The van der Waals surface area contributed by atoms with E-state index >= 15 is 0 Å². The Kier molecular flexibility index (Phi) is 4.99. The molecule has 2 aromatic carbocycles. The zero-order valence-corrected chi connectivity index (χ0v) is 12.8. The number of hydrogen-bond donors (Lipinski definition) is 2. The number of halogens is 1. The van der Waals surface area contributed by atoms with Crippen molar-refractivity contribution >= 4 is 17.5 Å². The number of aliphatic hydroxyl groups is 1. The molecule has 0 aliphatic rings. The van der Waals surface area contributed by atoms with Crippen molar-refractivity contribution in [1.82, 2.24) is 5.32 Å². The normalized spacial score (nSPS) is 12.0. The van der Waals surface area contributed by atoms with Crippen LogP contribution < -0.4 is 5.32 Å². The molecule has 3 nitrogen and oxygen atoms in total. The minimum absolute atomic E-state index is 0.145. The smallest absolute Gasteiger partial charge is 0.252 e. The predicted molar refractivity (Wildman–Crippen MR) is 84.7 cm³/mol. The highest BCUT2D eigenvalue weighted by molar-refractivity contribution is 6.34. The summed E-state index contributed by atoms with van der Waals surface area (Å²) in [6.45, 7) is 4.02. The Hall–Kier alpha value is -1.84. The van der Waals surface area contributed by atoms with Gasteiger partial charge in [0.05, 0.1) is 16.7 Å². The Morgan fingerprint density at radius 3 is 2.48 bits per heavy atom. The SMILES string of the molecule is Cc1cc(Cl)c(C(=O)NCC(O)c2ccccc2)cc1C. The van der Waals surface area contributed by atoms with E-state index in [0.29, 0.717) is 10.6 Å². The molecule has 0 saturated heterocycles. The van der Waals surface area contributed by atoms with Gasteiger partial charge in [-0.3, -0.25) is 4.79 Å². The molecule has 0 radical (unpaired) electrons. The number of benzene rings is 2. The Morgan fingerprint density at radius 2 is 1.81 bits per heavy atom. The van der Waals surface area contributed by atoms with Gasteiger partial charge in [-0.05, 0) is 42.7 Å². The van der Waals surface area contributed by atoms with Gasteiger partial charge < -0.3 is 10.4 Å². The summed E-state index contributed by atoms with van der Waals surface area (Å²) < 4.78 is 0. The number of aryl methyl sites for hydroxylation is 2. The highest BCUT2D eigenvalue weighted by atomic mass is 35.5. The van der Waals surface area contributed by atoms with Crippen molar-refractivity contribution in [1.29, 1.82) is 0 Å². The lowest BCUT2D eigenvalue weighted by atomic mass is 10.1. The minimum Gasteiger partial charge on any atom is -0.387 e. The molecule has 0 fully saturated rings. The third-order valence-corrected chi connectivity index (χ3v) is 3.78. The summed E-state index contributed by atoms with van der Waals surface area (Å²) >= 11 is 6.11. The summed E-state index contributed by atoms with van der Waals surface area (Å²) in [5.74, 6) is -0.280. The molecule has 0 aromatic heterocycles. The van der Waals surface area contributed by atoms with Crippen molar-refractivity contribution < 1.29 is 9.90 Å². The van der Waals surface area contributed by atoms with E-state index in [1.807, 2.05) is 44.2 Å². The maximum absolute atomic E-state index is 12.2. The molecule has 2 N–H and O–H groups in total. The van der Waals surface area contributed by atoms with Gasteiger partial charge in [-0.1, -0.05) is 41.9 Å². The maximum atomic E-state index is 12.2. The fourth-order valence-corrected chi connectivity index (χ4v) is 2.34. The second-order valence-electron chi connectivity index (χ2n) is 5.05. The monoisotopic (exact) mass is 303 g/mol. The molecule has 1 unspecified atom stereocenters. The minimum atomic E-state index is -0.736. The van der Waals surface area contributed by atoms with Crippen molar-refractivity contribution in [2.24, 2.45) is 0 Å². The van der Waals surface area contributed by atoms with Gasteiger partial charge in [0.2, 0.25) is 0 Å².